The summed E-state index contributed by atoms with van der Waals surface area (Å²) in [6.07, 6.45) is 1.99. The number of thiophene rings is 1. The first-order chi connectivity index (χ1) is 12.4. The Morgan fingerprint density at radius 3 is 2.46 bits per heavy atom. The van der Waals surface area contributed by atoms with Crippen molar-refractivity contribution in [3.63, 3.8) is 0 Å². The molecule has 0 bridgehead atoms. The van der Waals surface area contributed by atoms with Crippen LogP contribution in [0.5, 0.6) is 0 Å². The lowest BCUT2D eigenvalue weighted by Gasteiger charge is -2.31. The van der Waals surface area contributed by atoms with Gasteiger partial charge in [0.25, 0.3) is 0 Å². The van der Waals surface area contributed by atoms with E-state index in [0.717, 1.165) is 32.5 Å². The first kappa shape index (κ1) is 19.2. The number of nitrogens with one attached hydrogen (secondary N) is 1. The van der Waals surface area contributed by atoms with Crippen molar-refractivity contribution < 1.29 is 13.2 Å². The summed E-state index contributed by atoms with van der Waals surface area (Å²) in [5.41, 5.74) is 1.87. The molecule has 1 aromatic heterocycles. The van der Waals surface area contributed by atoms with E-state index < -0.39 is 10.0 Å². The van der Waals surface area contributed by atoms with Crippen LogP contribution < -0.4 is 4.72 Å². The van der Waals surface area contributed by atoms with Crippen LogP contribution in [0.4, 0.5) is 0 Å². The largest absolute Gasteiger partial charge is 0.299 e. The molecule has 0 amide bonds. The van der Waals surface area contributed by atoms with Gasteiger partial charge in [0.2, 0.25) is 10.0 Å². The molecule has 1 N–H and O–H groups in total. The number of ketones is 1. The van der Waals surface area contributed by atoms with Crippen molar-refractivity contribution in [2.45, 2.75) is 31.2 Å². The van der Waals surface area contributed by atoms with Crippen LogP contribution in [-0.4, -0.2) is 38.7 Å². The van der Waals surface area contributed by atoms with Crippen LogP contribution in [0.15, 0.2) is 46.0 Å². The van der Waals surface area contributed by atoms with Crippen molar-refractivity contribution >= 4 is 27.1 Å². The van der Waals surface area contributed by atoms with E-state index in [9.17, 15) is 13.2 Å². The van der Waals surface area contributed by atoms with Crippen molar-refractivity contribution in [3.8, 4) is 0 Å². The Morgan fingerprint density at radius 2 is 1.88 bits per heavy atom. The number of rotatable bonds is 7. The number of likely N-dealkylation sites (tertiary alicyclic amines) is 1. The highest BCUT2D eigenvalue weighted by Gasteiger charge is 2.22. The summed E-state index contributed by atoms with van der Waals surface area (Å²) in [4.78, 5) is 13.9. The lowest BCUT2D eigenvalue weighted by atomic mass is 9.97. The van der Waals surface area contributed by atoms with Gasteiger partial charge < -0.3 is 0 Å². The van der Waals surface area contributed by atoms with Gasteiger partial charge in [-0.05, 0) is 73.3 Å². The summed E-state index contributed by atoms with van der Waals surface area (Å²) in [5, 5.41) is 4.28. The predicted octanol–water partition coefficient (Wildman–Crippen LogP) is 3.14. The van der Waals surface area contributed by atoms with Crippen molar-refractivity contribution in [3.05, 3.63) is 52.2 Å². The second-order valence-corrected chi connectivity index (χ2v) is 9.33. The molecule has 0 radical (unpaired) electrons. The minimum Gasteiger partial charge on any atom is -0.299 e. The molecule has 1 fully saturated rings. The number of piperidine rings is 1. The number of carbonyl (C=O) groups is 1. The molecular weight excluding hydrogens is 368 g/mol. The zero-order valence-corrected chi connectivity index (χ0v) is 16.5. The van der Waals surface area contributed by atoms with Gasteiger partial charge in [-0.15, -0.1) is 0 Å². The Labute approximate surface area is 159 Å². The molecule has 1 aliphatic rings. The number of carbonyl (C=O) groups excluding carboxylic acids is 1. The van der Waals surface area contributed by atoms with Crippen molar-refractivity contribution in [2.75, 3.05) is 19.6 Å². The minimum atomic E-state index is -3.53. The summed E-state index contributed by atoms with van der Waals surface area (Å²) in [5.74, 6) is 0.288. The van der Waals surface area contributed by atoms with Crippen molar-refractivity contribution in [1.29, 1.82) is 0 Å². The van der Waals surface area contributed by atoms with Gasteiger partial charge >= 0.3 is 0 Å². The van der Waals surface area contributed by atoms with E-state index in [1.807, 2.05) is 0 Å². The lowest BCUT2D eigenvalue weighted by Crippen LogP contribution is -2.38. The molecule has 26 heavy (non-hydrogen) atoms. The lowest BCUT2D eigenvalue weighted by molar-refractivity contribution is 0.101. The zero-order chi connectivity index (χ0) is 18.6. The summed E-state index contributed by atoms with van der Waals surface area (Å²) in [7, 11) is -3.53. The van der Waals surface area contributed by atoms with Crippen LogP contribution in [0.2, 0.25) is 0 Å². The summed E-state index contributed by atoms with van der Waals surface area (Å²) >= 11 is 1.72. The highest BCUT2D eigenvalue weighted by molar-refractivity contribution is 7.89. The minimum absolute atomic E-state index is 0.0730. The van der Waals surface area contributed by atoms with Crippen LogP contribution in [0.1, 0.15) is 35.7 Å². The van der Waals surface area contributed by atoms with Crippen LogP contribution in [0.3, 0.4) is 0 Å². The molecule has 1 aliphatic heterocycles. The second kappa shape index (κ2) is 8.43. The van der Waals surface area contributed by atoms with E-state index in [1.54, 1.807) is 23.5 Å². The van der Waals surface area contributed by atoms with E-state index in [1.165, 1.54) is 24.6 Å². The molecular formula is C19H24N2O3S2. The Morgan fingerprint density at radius 1 is 1.19 bits per heavy atom. The molecule has 1 aromatic carbocycles. The summed E-state index contributed by atoms with van der Waals surface area (Å²) in [6.45, 7) is 4.89. The quantitative estimate of drug-likeness (QED) is 0.735. The SMILES string of the molecule is CC(=O)c1ccc(S(=O)(=O)NCC2CCN(Cc3ccsc3)CC2)cc1. The molecule has 7 heteroatoms. The third-order valence-corrected chi connectivity index (χ3v) is 7.00. The number of hydrogen-bond acceptors (Lipinski definition) is 5. The normalized spacial score (nSPS) is 16.7. The Bertz CT molecular complexity index is 822. The molecule has 140 valence electrons. The maximum absolute atomic E-state index is 12.4. The van der Waals surface area contributed by atoms with Crippen molar-refractivity contribution in [2.24, 2.45) is 5.92 Å². The highest BCUT2D eigenvalue weighted by Crippen LogP contribution is 2.20. The average Bonchev–Trinajstić information content (AvgIpc) is 3.14. The molecule has 2 aromatic rings. The van der Waals surface area contributed by atoms with E-state index in [2.05, 4.69) is 26.4 Å². The van der Waals surface area contributed by atoms with Gasteiger partial charge in [-0.1, -0.05) is 12.1 Å². The number of benzene rings is 1. The Kier molecular flexibility index (Phi) is 6.24. The maximum atomic E-state index is 12.4. The monoisotopic (exact) mass is 392 g/mol. The number of Topliss-reactive ketones (excluding diaryl/α,β-unsaturated/α-hetero) is 1. The van der Waals surface area contributed by atoms with Gasteiger partial charge in [0.15, 0.2) is 5.78 Å². The van der Waals surface area contributed by atoms with Gasteiger partial charge in [-0.2, -0.15) is 11.3 Å². The first-order valence-corrected chi connectivity index (χ1v) is 11.2. The molecule has 5 nitrogen and oxygen atoms in total. The van der Waals surface area contributed by atoms with Crippen LogP contribution >= 0.6 is 11.3 Å². The first-order valence-electron chi connectivity index (χ1n) is 8.78. The number of sulfonamides is 1. The van der Waals surface area contributed by atoms with Gasteiger partial charge in [-0.3, -0.25) is 9.69 Å². The highest BCUT2D eigenvalue weighted by atomic mass is 32.2. The molecule has 0 aliphatic carbocycles. The van der Waals surface area contributed by atoms with Gasteiger partial charge in [-0.25, -0.2) is 13.1 Å². The predicted molar refractivity (Wildman–Crippen MR) is 104 cm³/mol. The standard InChI is InChI=1S/C19H24N2O3S2/c1-15(22)18-2-4-19(5-3-18)26(23,24)20-12-16-6-9-21(10-7-16)13-17-8-11-25-14-17/h2-5,8,11,14,16,20H,6-7,9-10,12-13H2,1H3. The smallest absolute Gasteiger partial charge is 0.240 e. The van der Waals surface area contributed by atoms with E-state index in [-0.39, 0.29) is 10.7 Å². The Hall–Kier alpha value is -1.54. The fraction of sp³-hybridized carbons (Fsp3) is 0.421. The fourth-order valence-corrected chi connectivity index (χ4v) is 4.95. The molecule has 1 saturated heterocycles. The van der Waals surface area contributed by atoms with Gasteiger partial charge in [0.05, 0.1) is 4.90 Å². The van der Waals surface area contributed by atoms with Crippen molar-refractivity contribution in [1.82, 2.24) is 9.62 Å². The molecule has 0 unspecified atom stereocenters. The van der Waals surface area contributed by atoms with E-state index >= 15 is 0 Å². The maximum Gasteiger partial charge on any atom is 0.240 e. The topological polar surface area (TPSA) is 66.5 Å². The Balaban J connectivity index is 1.48. The van der Waals surface area contributed by atoms with Crippen LogP contribution in [0.25, 0.3) is 0 Å². The zero-order valence-electron chi connectivity index (χ0n) is 14.8. The summed E-state index contributed by atoms with van der Waals surface area (Å²) < 4.78 is 27.6. The second-order valence-electron chi connectivity index (χ2n) is 6.78. The van der Waals surface area contributed by atoms with Gasteiger partial charge in [0.1, 0.15) is 0 Å². The van der Waals surface area contributed by atoms with Crippen LogP contribution in [0, 0.1) is 5.92 Å². The fourth-order valence-electron chi connectivity index (χ4n) is 3.17. The van der Waals surface area contributed by atoms with Crippen LogP contribution in [-0.2, 0) is 16.6 Å². The third-order valence-electron chi connectivity index (χ3n) is 4.83. The molecule has 3 rings (SSSR count). The molecule has 0 saturated carbocycles. The molecule has 0 spiro atoms. The summed E-state index contributed by atoms with van der Waals surface area (Å²) in [6, 6.07) is 8.24. The van der Waals surface area contributed by atoms with Gasteiger partial charge in [0, 0.05) is 18.7 Å². The van der Waals surface area contributed by atoms with E-state index in [4.69, 9.17) is 0 Å². The van der Waals surface area contributed by atoms with E-state index in [0.29, 0.717) is 18.0 Å². The third kappa shape index (κ3) is 5.01. The average molecular weight is 393 g/mol. The number of hydrogen-bond donors (Lipinski definition) is 1. The number of nitrogens with zero attached hydrogens (tertiary/aromatic N) is 1. The molecule has 2 heterocycles. The molecule has 0 atom stereocenters.